The number of nitrogens with zero attached hydrogens (tertiary/aromatic N) is 2. The van der Waals surface area contributed by atoms with E-state index in [4.69, 9.17) is 4.52 Å². The second-order valence-electron chi connectivity index (χ2n) is 5.13. The first kappa shape index (κ1) is 17.7. The van der Waals surface area contributed by atoms with E-state index in [9.17, 15) is 18.4 Å². The number of benzene rings is 1. The molecule has 6 nitrogen and oxygen atoms in total. The Hall–Kier alpha value is -3.07. The number of methoxy groups -OCH3 is 1. The molecule has 0 saturated heterocycles. The predicted molar refractivity (Wildman–Crippen MR) is 89.0 cm³/mol. The van der Waals surface area contributed by atoms with Gasteiger partial charge in [0.25, 0.3) is 5.91 Å². The summed E-state index contributed by atoms with van der Waals surface area (Å²) in [5.41, 5.74) is -0.321. The predicted octanol–water partition coefficient (Wildman–Crippen LogP) is 3.65. The van der Waals surface area contributed by atoms with Crippen molar-refractivity contribution in [2.45, 2.75) is 6.54 Å². The maximum Gasteiger partial charge on any atom is 0.376 e. The number of ether oxygens (including phenoxy) is 1. The van der Waals surface area contributed by atoms with Crippen LogP contribution in [-0.4, -0.2) is 24.1 Å². The van der Waals surface area contributed by atoms with Gasteiger partial charge in [-0.3, -0.25) is 9.69 Å². The van der Waals surface area contributed by atoms with Gasteiger partial charge in [0.1, 0.15) is 11.6 Å². The molecule has 0 unspecified atom stereocenters. The number of thiophene rings is 1. The van der Waals surface area contributed by atoms with Crippen molar-refractivity contribution in [3.8, 4) is 0 Å². The summed E-state index contributed by atoms with van der Waals surface area (Å²) in [7, 11) is 1.16. The Labute approximate surface area is 150 Å². The molecule has 1 amide bonds. The molecule has 2 heterocycles. The molecule has 0 N–H and O–H groups in total. The zero-order valence-electron chi connectivity index (χ0n) is 13.4. The second kappa shape index (κ2) is 7.44. The molecule has 0 radical (unpaired) electrons. The summed E-state index contributed by atoms with van der Waals surface area (Å²) in [4.78, 5) is 26.2. The lowest BCUT2D eigenvalue weighted by molar-refractivity contribution is 0.0554. The fourth-order valence-electron chi connectivity index (χ4n) is 2.24. The zero-order chi connectivity index (χ0) is 18.7. The van der Waals surface area contributed by atoms with Crippen LogP contribution in [0.5, 0.6) is 0 Å². The first-order chi connectivity index (χ1) is 12.5. The summed E-state index contributed by atoms with van der Waals surface area (Å²) in [6, 6.07) is 7.57. The first-order valence-corrected chi connectivity index (χ1v) is 8.22. The third-order valence-electron chi connectivity index (χ3n) is 3.46. The molecule has 0 aliphatic rings. The lowest BCUT2D eigenvalue weighted by Crippen LogP contribution is -2.31. The fraction of sp³-hybridized carbons (Fsp3) is 0.118. The largest absolute Gasteiger partial charge is 0.463 e. The molecule has 2 aromatic heterocycles. The standard InChI is InChI=1S/C17H12F2N2O4S/c1-24-17(23)15-8-13(20-25-15)16(22)21(9-11-3-2-6-26-11)14-5-4-10(18)7-12(14)19/h2-8H,9H2,1H3. The Morgan fingerprint density at radius 2 is 2.08 bits per heavy atom. The van der Waals surface area contributed by atoms with E-state index < -0.39 is 23.5 Å². The quantitative estimate of drug-likeness (QED) is 0.634. The molecule has 9 heteroatoms. The van der Waals surface area contributed by atoms with E-state index in [1.807, 2.05) is 5.38 Å². The normalized spacial score (nSPS) is 10.6. The van der Waals surface area contributed by atoms with Crippen LogP contribution in [0.4, 0.5) is 14.5 Å². The van der Waals surface area contributed by atoms with Crippen molar-refractivity contribution in [3.63, 3.8) is 0 Å². The van der Waals surface area contributed by atoms with E-state index in [2.05, 4.69) is 9.89 Å². The molecule has 0 bridgehead atoms. The summed E-state index contributed by atoms with van der Waals surface area (Å²) in [6.45, 7) is 0.0411. The SMILES string of the molecule is COC(=O)c1cc(C(=O)N(Cc2cccs2)c2ccc(F)cc2F)no1. The highest BCUT2D eigenvalue weighted by Crippen LogP contribution is 2.25. The molecule has 134 valence electrons. The van der Waals surface area contributed by atoms with E-state index in [0.717, 1.165) is 35.1 Å². The average Bonchev–Trinajstić information content (AvgIpc) is 3.31. The van der Waals surface area contributed by atoms with Gasteiger partial charge in [-0.2, -0.15) is 0 Å². The van der Waals surface area contributed by atoms with Crippen LogP contribution in [0.25, 0.3) is 0 Å². The maximum atomic E-state index is 14.2. The number of esters is 1. The van der Waals surface area contributed by atoms with Crippen molar-refractivity contribution in [2.24, 2.45) is 0 Å². The van der Waals surface area contributed by atoms with Crippen LogP contribution in [0.2, 0.25) is 0 Å². The summed E-state index contributed by atoms with van der Waals surface area (Å²) < 4.78 is 36.7. The summed E-state index contributed by atoms with van der Waals surface area (Å²) in [5.74, 6) is -3.42. The van der Waals surface area contributed by atoms with Crippen LogP contribution < -0.4 is 4.90 Å². The molecule has 0 aliphatic heterocycles. The topological polar surface area (TPSA) is 72.6 Å². The molecule has 0 fully saturated rings. The number of aromatic nitrogens is 1. The zero-order valence-corrected chi connectivity index (χ0v) is 14.3. The van der Waals surface area contributed by atoms with E-state index in [1.165, 1.54) is 11.3 Å². The molecule has 0 saturated carbocycles. The van der Waals surface area contributed by atoms with Gasteiger partial charge in [0.05, 0.1) is 19.3 Å². The molecule has 0 atom stereocenters. The third-order valence-corrected chi connectivity index (χ3v) is 4.32. The van der Waals surface area contributed by atoms with Gasteiger partial charge in [-0.15, -0.1) is 11.3 Å². The van der Waals surface area contributed by atoms with Crippen molar-refractivity contribution >= 4 is 28.9 Å². The number of rotatable bonds is 5. The minimum absolute atomic E-state index is 0.0411. The van der Waals surface area contributed by atoms with Crippen molar-refractivity contribution in [3.05, 3.63) is 69.7 Å². The highest BCUT2D eigenvalue weighted by molar-refractivity contribution is 7.09. The number of amides is 1. The Kier molecular flexibility index (Phi) is 5.08. The van der Waals surface area contributed by atoms with Crippen LogP contribution in [-0.2, 0) is 11.3 Å². The van der Waals surface area contributed by atoms with Gasteiger partial charge in [-0.1, -0.05) is 11.2 Å². The maximum absolute atomic E-state index is 14.2. The highest BCUT2D eigenvalue weighted by Gasteiger charge is 2.26. The molecule has 3 aromatic rings. The lowest BCUT2D eigenvalue weighted by Gasteiger charge is -2.21. The lowest BCUT2D eigenvalue weighted by atomic mass is 10.2. The Morgan fingerprint density at radius 3 is 2.73 bits per heavy atom. The summed E-state index contributed by atoms with van der Waals surface area (Å²) in [5, 5.41) is 5.36. The number of hydrogen-bond acceptors (Lipinski definition) is 6. The van der Waals surface area contributed by atoms with Crippen LogP contribution in [0, 0.1) is 11.6 Å². The molecule has 1 aromatic carbocycles. The smallest absolute Gasteiger partial charge is 0.376 e. The van der Waals surface area contributed by atoms with Crippen LogP contribution in [0.3, 0.4) is 0 Å². The molecule has 0 aliphatic carbocycles. The Balaban J connectivity index is 1.98. The number of hydrogen-bond donors (Lipinski definition) is 0. The average molecular weight is 378 g/mol. The number of carbonyl (C=O) groups is 2. The van der Waals surface area contributed by atoms with Gasteiger partial charge in [-0.25, -0.2) is 13.6 Å². The minimum atomic E-state index is -0.897. The fourth-order valence-corrected chi connectivity index (χ4v) is 2.93. The van der Waals surface area contributed by atoms with Gasteiger partial charge in [0.15, 0.2) is 5.69 Å². The van der Waals surface area contributed by atoms with E-state index in [-0.39, 0.29) is 23.7 Å². The Morgan fingerprint density at radius 1 is 1.27 bits per heavy atom. The van der Waals surface area contributed by atoms with Crippen molar-refractivity contribution in [1.82, 2.24) is 5.16 Å². The van der Waals surface area contributed by atoms with Crippen molar-refractivity contribution in [2.75, 3.05) is 12.0 Å². The summed E-state index contributed by atoms with van der Waals surface area (Å²) >= 11 is 1.37. The second-order valence-corrected chi connectivity index (χ2v) is 6.17. The van der Waals surface area contributed by atoms with Crippen LogP contribution in [0.1, 0.15) is 25.9 Å². The number of anilines is 1. The van der Waals surface area contributed by atoms with Gasteiger partial charge in [0.2, 0.25) is 5.76 Å². The van der Waals surface area contributed by atoms with Crippen molar-refractivity contribution < 1.29 is 27.6 Å². The first-order valence-electron chi connectivity index (χ1n) is 7.34. The molecule has 26 heavy (non-hydrogen) atoms. The van der Waals surface area contributed by atoms with Gasteiger partial charge in [-0.05, 0) is 23.6 Å². The highest BCUT2D eigenvalue weighted by atomic mass is 32.1. The van der Waals surface area contributed by atoms with E-state index >= 15 is 0 Å². The van der Waals surface area contributed by atoms with Gasteiger partial charge < -0.3 is 9.26 Å². The number of carbonyl (C=O) groups excluding carboxylic acids is 2. The monoisotopic (exact) mass is 378 g/mol. The molecule has 3 rings (SSSR count). The third kappa shape index (κ3) is 3.62. The van der Waals surface area contributed by atoms with Crippen LogP contribution >= 0.6 is 11.3 Å². The minimum Gasteiger partial charge on any atom is -0.463 e. The number of halogens is 2. The summed E-state index contributed by atoms with van der Waals surface area (Å²) in [6.07, 6.45) is 0. The molecular weight excluding hydrogens is 366 g/mol. The van der Waals surface area contributed by atoms with Crippen molar-refractivity contribution in [1.29, 1.82) is 0 Å². The molecular formula is C17H12F2N2O4S. The van der Waals surface area contributed by atoms with E-state index in [1.54, 1.807) is 12.1 Å². The van der Waals surface area contributed by atoms with Crippen LogP contribution in [0.15, 0.2) is 46.3 Å². The Bertz CT molecular complexity index is 940. The van der Waals surface area contributed by atoms with E-state index in [0.29, 0.717) is 6.07 Å². The van der Waals surface area contributed by atoms with Gasteiger partial charge in [0, 0.05) is 17.0 Å². The molecule has 0 spiro atoms. The van der Waals surface area contributed by atoms with Gasteiger partial charge >= 0.3 is 5.97 Å².